The number of carbonyl (C=O) groups excluding carboxylic acids is 2. The van der Waals surface area contributed by atoms with Gasteiger partial charge in [-0.2, -0.15) is 0 Å². The van der Waals surface area contributed by atoms with Crippen LogP contribution in [-0.2, 0) is 9.59 Å². The van der Waals surface area contributed by atoms with E-state index in [0.717, 1.165) is 20.9 Å². The summed E-state index contributed by atoms with van der Waals surface area (Å²) in [6.07, 6.45) is 1.92. The Bertz CT molecular complexity index is 970. The van der Waals surface area contributed by atoms with Crippen LogP contribution in [0.2, 0.25) is 0 Å². The van der Waals surface area contributed by atoms with Crippen LogP contribution in [0.15, 0.2) is 65.3 Å². The molecule has 3 aromatic rings. The van der Waals surface area contributed by atoms with Crippen molar-refractivity contribution in [2.24, 2.45) is 0 Å². The minimum atomic E-state index is -0.174. The highest BCUT2D eigenvalue weighted by Gasteiger charge is 2.11. The van der Waals surface area contributed by atoms with Crippen LogP contribution in [0.25, 0.3) is 10.8 Å². The number of fused-ring (bicyclic) bond motifs is 1. The number of likely N-dealkylation sites (N-methyl/N-ethyl adjacent to an activating group) is 1. The van der Waals surface area contributed by atoms with Crippen LogP contribution in [0.4, 0.5) is 11.5 Å². The van der Waals surface area contributed by atoms with Gasteiger partial charge >= 0.3 is 0 Å². The quantitative estimate of drug-likeness (QED) is 0.584. The minimum absolute atomic E-state index is 0.0850. The molecule has 0 saturated carbocycles. The van der Waals surface area contributed by atoms with Gasteiger partial charge in [0.2, 0.25) is 11.8 Å². The van der Waals surface area contributed by atoms with Crippen molar-refractivity contribution in [1.82, 2.24) is 9.88 Å². The van der Waals surface area contributed by atoms with Crippen molar-refractivity contribution in [3.8, 4) is 0 Å². The van der Waals surface area contributed by atoms with Gasteiger partial charge in [-0.3, -0.25) is 14.5 Å². The number of benzene rings is 2. The second kappa shape index (κ2) is 9.43. The van der Waals surface area contributed by atoms with E-state index in [1.165, 1.54) is 0 Å². The van der Waals surface area contributed by atoms with Gasteiger partial charge in [0.05, 0.1) is 6.54 Å². The highest BCUT2D eigenvalue weighted by Crippen LogP contribution is 2.23. The summed E-state index contributed by atoms with van der Waals surface area (Å²) in [6.45, 7) is 0.650. The van der Waals surface area contributed by atoms with Gasteiger partial charge in [-0.15, -0.1) is 0 Å². The van der Waals surface area contributed by atoms with Gasteiger partial charge in [-0.05, 0) is 46.6 Å². The zero-order chi connectivity index (χ0) is 19.9. The topological polar surface area (TPSA) is 74.3 Å². The summed E-state index contributed by atoms with van der Waals surface area (Å²) in [7, 11) is 1.81. The third-order valence-electron chi connectivity index (χ3n) is 4.19. The van der Waals surface area contributed by atoms with E-state index in [9.17, 15) is 9.59 Å². The summed E-state index contributed by atoms with van der Waals surface area (Å²) in [6, 6.07) is 17.3. The summed E-state index contributed by atoms with van der Waals surface area (Å²) in [5, 5.41) is 7.78. The highest BCUT2D eigenvalue weighted by molar-refractivity contribution is 9.10. The molecule has 0 aliphatic rings. The number of hydrogen-bond acceptors (Lipinski definition) is 4. The van der Waals surface area contributed by atoms with Crippen LogP contribution in [0.3, 0.4) is 0 Å². The third kappa shape index (κ3) is 5.61. The number of rotatable bonds is 7. The third-order valence-corrected chi connectivity index (χ3v) is 4.66. The van der Waals surface area contributed by atoms with Gasteiger partial charge in [0, 0.05) is 34.7 Å². The van der Waals surface area contributed by atoms with E-state index in [-0.39, 0.29) is 18.4 Å². The van der Waals surface area contributed by atoms with E-state index in [4.69, 9.17) is 0 Å². The van der Waals surface area contributed by atoms with Crippen LogP contribution in [0, 0.1) is 0 Å². The van der Waals surface area contributed by atoms with E-state index in [1.54, 1.807) is 24.2 Å². The summed E-state index contributed by atoms with van der Waals surface area (Å²) < 4.78 is 0.847. The van der Waals surface area contributed by atoms with Gasteiger partial charge in [-0.1, -0.05) is 36.4 Å². The van der Waals surface area contributed by atoms with Crippen LogP contribution < -0.4 is 10.6 Å². The van der Waals surface area contributed by atoms with Crippen molar-refractivity contribution in [2.75, 3.05) is 30.8 Å². The number of nitrogens with zero attached hydrogens (tertiary/aromatic N) is 2. The average molecular weight is 441 g/mol. The molecule has 0 atom stereocenters. The minimum Gasteiger partial charge on any atom is -0.325 e. The maximum absolute atomic E-state index is 12.3. The molecule has 7 heteroatoms. The molecule has 0 spiro atoms. The second-order valence-corrected chi connectivity index (χ2v) is 7.39. The Hall–Kier alpha value is -2.77. The molecule has 0 radical (unpaired) electrons. The molecule has 6 nitrogen and oxygen atoms in total. The monoisotopic (exact) mass is 440 g/mol. The van der Waals surface area contributed by atoms with E-state index in [2.05, 4.69) is 31.5 Å². The van der Waals surface area contributed by atoms with E-state index >= 15 is 0 Å². The molecule has 0 saturated heterocycles. The number of carbonyl (C=O) groups is 2. The van der Waals surface area contributed by atoms with Crippen molar-refractivity contribution in [1.29, 1.82) is 0 Å². The average Bonchev–Trinajstić information content (AvgIpc) is 2.68. The molecule has 3 rings (SSSR count). The first-order valence-corrected chi connectivity index (χ1v) is 9.68. The maximum atomic E-state index is 12.3. The molecule has 1 heterocycles. The first-order chi connectivity index (χ1) is 13.5. The number of nitrogens with one attached hydrogen (secondary N) is 2. The molecule has 2 aromatic carbocycles. The molecular weight excluding hydrogens is 420 g/mol. The van der Waals surface area contributed by atoms with Gasteiger partial charge < -0.3 is 10.6 Å². The number of amides is 2. The zero-order valence-corrected chi connectivity index (χ0v) is 17.1. The van der Waals surface area contributed by atoms with Crippen molar-refractivity contribution in [3.05, 3.63) is 65.3 Å². The summed E-state index contributed by atoms with van der Waals surface area (Å²) in [5.41, 5.74) is 0.796. The molecule has 144 valence electrons. The Morgan fingerprint density at radius 2 is 1.79 bits per heavy atom. The number of aromatic nitrogens is 1. The largest absolute Gasteiger partial charge is 0.325 e. The van der Waals surface area contributed by atoms with Gasteiger partial charge in [0.1, 0.15) is 5.82 Å². The van der Waals surface area contributed by atoms with Crippen molar-refractivity contribution in [2.45, 2.75) is 6.42 Å². The number of anilines is 2. The predicted octanol–water partition coefficient (Wildman–Crippen LogP) is 3.90. The Labute approximate surface area is 172 Å². The van der Waals surface area contributed by atoms with Gasteiger partial charge in [0.15, 0.2) is 0 Å². The first-order valence-electron chi connectivity index (χ1n) is 8.89. The smallest absolute Gasteiger partial charge is 0.239 e. The zero-order valence-electron chi connectivity index (χ0n) is 15.5. The van der Waals surface area contributed by atoms with Crippen LogP contribution in [0.1, 0.15) is 6.42 Å². The standard InChI is InChI=1S/C21H21BrN4O2/c1-26(14-21(28)25-19-10-9-16(22)13-23-19)12-11-20(27)24-18-8-4-6-15-5-2-3-7-17(15)18/h2-10,13H,11-12,14H2,1H3,(H,24,27)(H,23,25,28). The van der Waals surface area contributed by atoms with Crippen molar-refractivity contribution < 1.29 is 9.59 Å². The number of hydrogen-bond donors (Lipinski definition) is 2. The highest BCUT2D eigenvalue weighted by atomic mass is 79.9. The lowest BCUT2D eigenvalue weighted by Gasteiger charge is -2.16. The van der Waals surface area contributed by atoms with Crippen LogP contribution in [0.5, 0.6) is 0 Å². The molecular formula is C21H21BrN4O2. The van der Waals surface area contributed by atoms with E-state index in [1.807, 2.05) is 48.5 Å². The summed E-state index contributed by atoms with van der Waals surface area (Å²) >= 11 is 3.30. The number of halogens is 1. The fraction of sp³-hybridized carbons (Fsp3) is 0.190. The van der Waals surface area contributed by atoms with Crippen molar-refractivity contribution in [3.63, 3.8) is 0 Å². The maximum Gasteiger partial charge on any atom is 0.239 e. The lowest BCUT2D eigenvalue weighted by molar-refractivity contribution is -0.119. The van der Waals surface area contributed by atoms with Crippen LogP contribution in [-0.4, -0.2) is 41.8 Å². The fourth-order valence-corrected chi connectivity index (χ4v) is 3.03. The van der Waals surface area contributed by atoms with E-state index in [0.29, 0.717) is 18.8 Å². The van der Waals surface area contributed by atoms with Gasteiger partial charge in [-0.25, -0.2) is 4.98 Å². The molecule has 0 unspecified atom stereocenters. The molecule has 2 N–H and O–H groups in total. The molecule has 1 aromatic heterocycles. The molecule has 28 heavy (non-hydrogen) atoms. The molecule has 0 aliphatic heterocycles. The first kappa shape index (κ1) is 20.0. The summed E-state index contributed by atoms with van der Waals surface area (Å²) in [4.78, 5) is 30.3. The fourth-order valence-electron chi connectivity index (χ4n) is 2.80. The summed E-state index contributed by atoms with van der Waals surface area (Å²) in [5.74, 6) is 0.236. The second-order valence-electron chi connectivity index (χ2n) is 6.47. The Morgan fingerprint density at radius 1 is 1.00 bits per heavy atom. The Balaban J connectivity index is 1.47. The van der Waals surface area contributed by atoms with Gasteiger partial charge in [0.25, 0.3) is 0 Å². The lowest BCUT2D eigenvalue weighted by atomic mass is 10.1. The normalized spacial score (nSPS) is 10.8. The van der Waals surface area contributed by atoms with E-state index < -0.39 is 0 Å². The molecule has 2 amide bonds. The molecule has 0 fully saturated rings. The predicted molar refractivity (Wildman–Crippen MR) is 115 cm³/mol. The SMILES string of the molecule is CN(CCC(=O)Nc1cccc2ccccc12)CC(=O)Nc1ccc(Br)cn1. The van der Waals surface area contributed by atoms with Crippen molar-refractivity contribution >= 4 is 50.0 Å². The molecule has 0 aliphatic carbocycles. The number of pyridine rings is 1. The molecule has 0 bridgehead atoms. The lowest BCUT2D eigenvalue weighted by Crippen LogP contribution is -2.32. The Kier molecular flexibility index (Phi) is 6.73. The Morgan fingerprint density at radius 3 is 2.57 bits per heavy atom. The van der Waals surface area contributed by atoms with Crippen LogP contribution >= 0.6 is 15.9 Å².